The number of aromatic nitrogens is 1. The second-order valence-electron chi connectivity index (χ2n) is 9.19. The predicted octanol–water partition coefficient (Wildman–Crippen LogP) is 6.37. The summed E-state index contributed by atoms with van der Waals surface area (Å²) >= 11 is 0. The van der Waals surface area contributed by atoms with Crippen LogP contribution in [-0.2, 0) is 11.3 Å². The van der Waals surface area contributed by atoms with E-state index in [0.29, 0.717) is 6.54 Å². The maximum Gasteiger partial charge on any atom is 0.316 e. The quantitative estimate of drug-likeness (QED) is 0.261. The minimum absolute atomic E-state index is 0.128. The largest absolute Gasteiger partial charge is 0.419 e. The van der Waals surface area contributed by atoms with Crippen LogP contribution in [0.1, 0.15) is 110 Å². The van der Waals surface area contributed by atoms with E-state index in [1.165, 1.54) is 70.3 Å². The van der Waals surface area contributed by atoms with E-state index in [-0.39, 0.29) is 11.4 Å². The van der Waals surface area contributed by atoms with Crippen molar-refractivity contribution in [2.24, 2.45) is 5.41 Å². The Morgan fingerprint density at radius 3 is 1.93 bits per heavy atom. The van der Waals surface area contributed by atoms with Crippen LogP contribution >= 0.6 is 0 Å². The summed E-state index contributed by atoms with van der Waals surface area (Å²) in [6.45, 7) is 8.04. The number of unbranched alkanes of at least 4 members (excludes halogenated alkanes) is 11. The van der Waals surface area contributed by atoms with Gasteiger partial charge in [-0.05, 0) is 27.2 Å². The fourth-order valence-corrected chi connectivity index (χ4v) is 3.32. The number of esters is 1. The number of pyridine rings is 1. The van der Waals surface area contributed by atoms with E-state index >= 15 is 0 Å². The van der Waals surface area contributed by atoms with Crippen LogP contribution < -0.4 is 10.2 Å². The van der Waals surface area contributed by atoms with E-state index in [2.05, 4.69) is 6.92 Å². The number of aryl methyl sites for hydroxylation is 1. The van der Waals surface area contributed by atoms with Gasteiger partial charge < -0.3 is 9.30 Å². The average Bonchev–Trinajstić information content (AvgIpc) is 2.70. The standard InChI is InChI=1S/C25H40N2O3/c1-5-6-7-8-9-10-11-12-13-14-15-16-18-27-19-17-22(28)23(21(27)20-26)30-24(29)25(2,3)4/h17,19H,5-16,18H2,1-4H3. The Morgan fingerprint density at radius 1 is 0.967 bits per heavy atom. The van der Waals surface area contributed by atoms with Crippen molar-refractivity contribution in [1.82, 2.24) is 4.57 Å². The summed E-state index contributed by atoms with van der Waals surface area (Å²) in [4.78, 5) is 24.3. The Morgan fingerprint density at radius 2 is 1.47 bits per heavy atom. The van der Waals surface area contributed by atoms with Crippen molar-refractivity contribution in [2.75, 3.05) is 0 Å². The van der Waals surface area contributed by atoms with E-state index in [0.717, 1.165) is 12.8 Å². The Labute approximate surface area is 182 Å². The maximum atomic E-state index is 12.2. The highest BCUT2D eigenvalue weighted by atomic mass is 16.5. The number of nitrogens with zero attached hydrogens (tertiary/aromatic N) is 2. The summed E-state index contributed by atoms with van der Waals surface area (Å²) in [5, 5.41) is 9.53. The molecular weight excluding hydrogens is 376 g/mol. The minimum atomic E-state index is -0.741. The van der Waals surface area contributed by atoms with Gasteiger partial charge in [-0.15, -0.1) is 0 Å². The van der Waals surface area contributed by atoms with Crippen LogP contribution in [0.5, 0.6) is 5.75 Å². The summed E-state index contributed by atoms with van der Waals surface area (Å²) in [7, 11) is 0. The van der Waals surface area contributed by atoms with Crippen molar-refractivity contribution in [3.05, 3.63) is 28.2 Å². The molecule has 0 fully saturated rings. The number of ether oxygens (including phenoxy) is 1. The van der Waals surface area contributed by atoms with Gasteiger partial charge in [0.15, 0.2) is 5.69 Å². The van der Waals surface area contributed by atoms with Gasteiger partial charge in [-0.25, -0.2) is 0 Å². The van der Waals surface area contributed by atoms with E-state index in [4.69, 9.17) is 4.74 Å². The molecule has 0 spiro atoms. The molecule has 0 aliphatic heterocycles. The summed E-state index contributed by atoms with van der Waals surface area (Å²) < 4.78 is 7.02. The average molecular weight is 417 g/mol. The monoisotopic (exact) mass is 416 g/mol. The van der Waals surface area contributed by atoms with Crippen molar-refractivity contribution in [3.8, 4) is 11.8 Å². The SMILES string of the molecule is CCCCCCCCCCCCCCn1ccc(=O)c(OC(=O)C(C)(C)C)c1C#N. The molecule has 1 heterocycles. The number of hydrogen-bond donors (Lipinski definition) is 0. The van der Waals surface area contributed by atoms with Crippen LogP contribution in [0.3, 0.4) is 0 Å². The molecule has 30 heavy (non-hydrogen) atoms. The number of carbonyl (C=O) groups is 1. The Bertz CT molecular complexity index is 738. The molecule has 0 N–H and O–H groups in total. The molecule has 0 aromatic carbocycles. The molecule has 1 aromatic rings. The first-order valence-corrected chi connectivity index (χ1v) is 11.7. The first-order valence-electron chi connectivity index (χ1n) is 11.7. The van der Waals surface area contributed by atoms with E-state index < -0.39 is 16.8 Å². The molecule has 0 atom stereocenters. The van der Waals surface area contributed by atoms with Crippen LogP contribution in [0.25, 0.3) is 0 Å². The lowest BCUT2D eigenvalue weighted by Crippen LogP contribution is -2.28. The molecule has 0 unspecified atom stereocenters. The lowest BCUT2D eigenvalue weighted by atomic mass is 9.97. The lowest BCUT2D eigenvalue weighted by Gasteiger charge is -2.18. The number of hydrogen-bond acceptors (Lipinski definition) is 4. The fraction of sp³-hybridized carbons (Fsp3) is 0.720. The van der Waals surface area contributed by atoms with E-state index in [1.54, 1.807) is 31.5 Å². The summed E-state index contributed by atoms with van der Waals surface area (Å²) in [6, 6.07) is 3.41. The zero-order valence-electron chi connectivity index (χ0n) is 19.5. The lowest BCUT2D eigenvalue weighted by molar-refractivity contribution is -0.143. The van der Waals surface area contributed by atoms with Crippen molar-refractivity contribution in [1.29, 1.82) is 5.26 Å². The molecular formula is C25H40N2O3. The van der Waals surface area contributed by atoms with Crippen molar-refractivity contribution in [2.45, 2.75) is 111 Å². The molecule has 0 radical (unpaired) electrons. The van der Waals surface area contributed by atoms with Gasteiger partial charge in [0.2, 0.25) is 11.2 Å². The zero-order chi connectivity index (χ0) is 22.4. The third kappa shape index (κ3) is 9.61. The normalized spacial score (nSPS) is 11.3. The van der Waals surface area contributed by atoms with Crippen molar-refractivity contribution >= 4 is 5.97 Å². The van der Waals surface area contributed by atoms with Gasteiger partial charge in [0.05, 0.1) is 5.41 Å². The van der Waals surface area contributed by atoms with Crippen LogP contribution in [0.2, 0.25) is 0 Å². The molecule has 1 rings (SSSR count). The van der Waals surface area contributed by atoms with Gasteiger partial charge >= 0.3 is 5.97 Å². The molecule has 5 heteroatoms. The third-order valence-corrected chi connectivity index (χ3v) is 5.30. The van der Waals surface area contributed by atoms with Gasteiger partial charge in [0.25, 0.3) is 0 Å². The van der Waals surface area contributed by atoms with Gasteiger partial charge in [0, 0.05) is 18.8 Å². The Hall–Kier alpha value is -2.09. The molecule has 0 saturated carbocycles. The van der Waals surface area contributed by atoms with Crippen LogP contribution in [-0.4, -0.2) is 10.5 Å². The highest BCUT2D eigenvalue weighted by Gasteiger charge is 2.26. The van der Waals surface area contributed by atoms with Gasteiger partial charge in [-0.3, -0.25) is 9.59 Å². The molecule has 5 nitrogen and oxygen atoms in total. The fourth-order valence-electron chi connectivity index (χ4n) is 3.32. The topological polar surface area (TPSA) is 72.1 Å². The zero-order valence-corrected chi connectivity index (χ0v) is 19.5. The molecule has 0 amide bonds. The smallest absolute Gasteiger partial charge is 0.316 e. The van der Waals surface area contributed by atoms with Crippen molar-refractivity contribution in [3.63, 3.8) is 0 Å². The molecule has 0 saturated heterocycles. The summed E-state index contributed by atoms with van der Waals surface area (Å²) in [6.07, 6.45) is 16.8. The maximum absolute atomic E-state index is 12.2. The molecule has 0 aliphatic carbocycles. The number of rotatable bonds is 14. The Balaban J connectivity index is 2.39. The van der Waals surface area contributed by atoms with Gasteiger partial charge in [-0.1, -0.05) is 77.6 Å². The molecule has 0 bridgehead atoms. The molecule has 1 aromatic heterocycles. The second kappa shape index (κ2) is 14.0. The number of nitriles is 1. The van der Waals surface area contributed by atoms with Crippen LogP contribution in [0, 0.1) is 16.7 Å². The van der Waals surface area contributed by atoms with E-state index in [9.17, 15) is 14.9 Å². The molecule has 168 valence electrons. The van der Waals surface area contributed by atoms with Crippen LogP contribution in [0.15, 0.2) is 17.1 Å². The summed E-state index contributed by atoms with van der Waals surface area (Å²) in [5.41, 5.74) is -1.05. The third-order valence-electron chi connectivity index (χ3n) is 5.30. The highest BCUT2D eigenvalue weighted by Crippen LogP contribution is 2.20. The van der Waals surface area contributed by atoms with Gasteiger partial charge in [-0.2, -0.15) is 5.26 Å². The summed E-state index contributed by atoms with van der Waals surface area (Å²) in [5.74, 6) is -0.668. The molecule has 0 aliphatic rings. The van der Waals surface area contributed by atoms with Gasteiger partial charge in [0.1, 0.15) is 6.07 Å². The van der Waals surface area contributed by atoms with Crippen molar-refractivity contribution < 1.29 is 9.53 Å². The first kappa shape index (κ1) is 25.9. The second-order valence-corrected chi connectivity index (χ2v) is 9.19. The number of carbonyl (C=O) groups excluding carboxylic acids is 1. The predicted molar refractivity (Wildman–Crippen MR) is 122 cm³/mol. The minimum Gasteiger partial charge on any atom is -0.419 e. The van der Waals surface area contributed by atoms with Crippen LogP contribution in [0.4, 0.5) is 0 Å². The first-order chi connectivity index (χ1) is 14.3. The Kier molecular flexibility index (Phi) is 12.1. The highest BCUT2D eigenvalue weighted by molar-refractivity contribution is 5.78. The van der Waals surface area contributed by atoms with E-state index in [1.807, 2.05) is 6.07 Å².